The van der Waals surface area contributed by atoms with Crippen molar-refractivity contribution in [2.24, 2.45) is 5.73 Å². The Kier molecular flexibility index (Phi) is 10.5. The molecular formula is C16H29ClN2O4S. The average molecular weight is 381 g/mol. The molecule has 0 saturated heterocycles. The van der Waals surface area contributed by atoms with E-state index in [1.165, 1.54) is 12.1 Å². The molecule has 0 radical (unpaired) electrons. The summed E-state index contributed by atoms with van der Waals surface area (Å²) in [5, 5.41) is 0. The number of halogens is 1. The fourth-order valence-electron chi connectivity index (χ4n) is 2.15. The maximum atomic E-state index is 12.5. The molecule has 1 rings (SSSR count). The molecule has 0 aliphatic heterocycles. The second-order valence-corrected chi connectivity index (χ2v) is 7.00. The van der Waals surface area contributed by atoms with Crippen LogP contribution in [0, 0.1) is 0 Å². The summed E-state index contributed by atoms with van der Waals surface area (Å²) in [4.78, 5) is 0.203. The second-order valence-electron chi connectivity index (χ2n) is 5.31. The van der Waals surface area contributed by atoms with Crippen LogP contribution in [-0.4, -0.2) is 40.3 Å². The molecule has 0 aliphatic rings. The molecule has 8 heteroatoms. The van der Waals surface area contributed by atoms with E-state index in [4.69, 9.17) is 15.2 Å². The molecule has 24 heavy (non-hydrogen) atoms. The van der Waals surface area contributed by atoms with Crippen LogP contribution in [-0.2, 0) is 14.8 Å². The van der Waals surface area contributed by atoms with Crippen molar-refractivity contribution in [2.75, 3.05) is 26.4 Å². The molecule has 0 spiro atoms. The molecule has 0 aromatic heterocycles. The van der Waals surface area contributed by atoms with Gasteiger partial charge in [-0.25, -0.2) is 13.1 Å². The van der Waals surface area contributed by atoms with Gasteiger partial charge in [0.1, 0.15) is 12.4 Å². The predicted octanol–water partition coefficient (Wildman–Crippen LogP) is 2.32. The van der Waals surface area contributed by atoms with Gasteiger partial charge in [0, 0.05) is 18.7 Å². The van der Waals surface area contributed by atoms with Crippen molar-refractivity contribution in [3.8, 4) is 5.75 Å². The van der Waals surface area contributed by atoms with E-state index in [2.05, 4.69) is 4.72 Å². The van der Waals surface area contributed by atoms with Crippen molar-refractivity contribution in [3.63, 3.8) is 0 Å². The monoisotopic (exact) mass is 380 g/mol. The molecule has 0 amide bonds. The van der Waals surface area contributed by atoms with Gasteiger partial charge >= 0.3 is 0 Å². The van der Waals surface area contributed by atoms with Gasteiger partial charge in [0.25, 0.3) is 0 Å². The molecular weight excluding hydrogens is 352 g/mol. The van der Waals surface area contributed by atoms with Crippen LogP contribution in [0.15, 0.2) is 29.2 Å². The Hall–Kier alpha value is -0.860. The molecule has 6 nitrogen and oxygen atoms in total. The third-order valence-corrected chi connectivity index (χ3v) is 5.52. The second kappa shape index (κ2) is 10.9. The number of ether oxygens (including phenoxy) is 2. The van der Waals surface area contributed by atoms with E-state index in [0.29, 0.717) is 38.4 Å². The van der Waals surface area contributed by atoms with Crippen molar-refractivity contribution >= 4 is 22.4 Å². The molecule has 0 bridgehead atoms. The number of nitrogens with one attached hydrogen (secondary N) is 1. The van der Waals surface area contributed by atoms with Gasteiger partial charge in [-0.3, -0.25) is 0 Å². The summed E-state index contributed by atoms with van der Waals surface area (Å²) in [6.45, 7) is 7.61. The summed E-state index contributed by atoms with van der Waals surface area (Å²) in [7, 11) is -3.61. The van der Waals surface area contributed by atoms with Crippen LogP contribution < -0.4 is 15.2 Å². The fraction of sp³-hybridized carbons (Fsp3) is 0.625. The van der Waals surface area contributed by atoms with E-state index in [1.807, 2.05) is 20.8 Å². The minimum atomic E-state index is -3.61. The van der Waals surface area contributed by atoms with Gasteiger partial charge in [0.15, 0.2) is 0 Å². The van der Waals surface area contributed by atoms with Crippen molar-refractivity contribution in [2.45, 2.75) is 44.0 Å². The lowest BCUT2D eigenvalue weighted by Gasteiger charge is -2.31. The normalized spacial score (nSPS) is 11.8. The van der Waals surface area contributed by atoms with Crippen LogP contribution in [0.1, 0.15) is 33.6 Å². The molecule has 1 aromatic carbocycles. The lowest BCUT2D eigenvalue weighted by Crippen LogP contribution is -2.52. The van der Waals surface area contributed by atoms with Crippen LogP contribution in [0.5, 0.6) is 5.75 Å². The topological polar surface area (TPSA) is 90.6 Å². The first-order valence-electron chi connectivity index (χ1n) is 7.97. The fourth-order valence-corrected chi connectivity index (χ4v) is 3.70. The smallest absolute Gasteiger partial charge is 0.241 e. The Balaban J connectivity index is 0.00000529. The maximum Gasteiger partial charge on any atom is 0.241 e. The molecule has 0 unspecified atom stereocenters. The Morgan fingerprint density at radius 3 is 2.12 bits per heavy atom. The predicted molar refractivity (Wildman–Crippen MR) is 98.4 cm³/mol. The lowest BCUT2D eigenvalue weighted by molar-refractivity contribution is 0.110. The largest absolute Gasteiger partial charge is 0.491 e. The molecule has 0 saturated carbocycles. The first-order valence-corrected chi connectivity index (χ1v) is 9.46. The highest BCUT2D eigenvalue weighted by Gasteiger charge is 2.30. The molecule has 0 atom stereocenters. The van der Waals surface area contributed by atoms with Gasteiger partial charge in [-0.05, 0) is 44.0 Å². The van der Waals surface area contributed by atoms with Crippen molar-refractivity contribution < 1.29 is 17.9 Å². The van der Waals surface area contributed by atoms with Crippen molar-refractivity contribution in [1.29, 1.82) is 0 Å². The van der Waals surface area contributed by atoms with Crippen LogP contribution in [0.3, 0.4) is 0 Å². The Morgan fingerprint density at radius 1 is 1.08 bits per heavy atom. The van der Waals surface area contributed by atoms with Gasteiger partial charge in [-0.1, -0.05) is 13.8 Å². The minimum absolute atomic E-state index is 0. The molecule has 140 valence electrons. The van der Waals surface area contributed by atoms with E-state index >= 15 is 0 Å². The zero-order valence-corrected chi connectivity index (χ0v) is 16.2. The number of rotatable bonds is 11. The van der Waals surface area contributed by atoms with E-state index in [1.54, 1.807) is 12.1 Å². The van der Waals surface area contributed by atoms with E-state index in [9.17, 15) is 8.42 Å². The first kappa shape index (κ1) is 23.1. The van der Waals surface area contributed by atoms with Gasteiger partial charge in [-0.15, -0.1) is 12.4 Å². The standard InChI is InChI=1S/C16H28N2O4S.ClH/c1-4-16(5-2,13-17)18-23(19,20)15-9-7-14(8-10-15)22-12-11-21-6-3;/h7-10,18H,4-6,11-13,17H2,1-3H3;1H. The van der Waals surface area contributed by atoms with Gasteiger partial charge in [-0.2, -0.15) is 0 Å². The van der Waals surface area contributed by atoms with Gasteiger partial charge in [0.05, 0.1) is 11.5 Å². The lowest BCUT2D eigenvalue weighted by atomic mass is 9.95. The molecule has 0 fully saturated rings. The Bertz CT molecular complexity index is 552. The summed E-state index contributed by atoms with van der Waals surface area (Å²) < 4.78 is 38.4. The summed E-state index contributed by atoms with van der Waals surface area (Å²) in [5.74, 6) is 0.611. The van der Waals surface area contributed by atoms with E-state index in [0.717, 1.165) is 0 Å². The highest BCUT2D eigenvalue weighted by atomic mass is 35.5. The summed E-state index contributed by atoms with van der Waals surface area (Å²) in [6.07, 6.45) is 1.27. The summed E-state index contributed by atoms with van der Waals surface area (Å²) >= 11 is 0. The molecule has 0 heterocycles. The first-order chi connectivity index (χ1) is 10.9. The summed E-state index contributed by atoms with van der Waals surface area (Å²) in [6, 6.07) is 6.35. The van der Waals surface area contributed by atoms with E-state index in [-0.39, 0.29) is 23.8 Å². The quantitative estimate of drug-likeness (QED) is 0.575. The third kappa shape index (κ3) is 6.57. The Labute approximate surface area is 151 Å². The highest BCUT2D eigenvalue weighted by molar-refractivity contribution is 7.89. The van der Waals surface area contributed by atoms with Crippen molar-refractivity contribution in [3.05, 3.63) is 24.3 Å². The number of sulfonamides is 1. The van der Waals surface area contributed by atoms with Crippen molar-refractivity contribution in [1.82, 2.24) is 4.72 Å². The zero-order chi connectivity index (χ0) is 17.3. The van der Waals surface area contributed by atoms with Crippen LogP contribution in [0.4, 0.5) is 0 Å². The molecule has 0 aliphatic carbocycles. The molecule has 3 N–H and O–H groups in total. The Morgan fingerprint density at radius 2 is 1.67 bits per heavy atom. The van der Waals surface area contributed by atoms with Crippen LogP contribution >= 0.6 is 12.4 Å². The minimum Gasteiger partial charge on any atom is -0.491 e. The van der Waals surface area contributed by atoms with Crippen LogP contribution in [0.2, 0.25) is 0 Å². The SMILES string of the molecule is CCOCCOc1ccc(S(=O)(=O)NC(CC)(CC)CN)cc1.Cl. The highest BCUT2D eigenvalue weighted by Crippen LogP contribution is 2.20. The van der Waals surface area contributed by atoms with E-state index < -0.39 is 15.6 Å². The third-order valence-electron chi connectivity index (χ3n) is 3.93. The van der Waals surface area contributed by atoms with Gasteiger partial charge < -0.3 is 15.2 Å². The number of nitrogens with two attached hydrogens (primary N) is 1. The number of hydrogen-bond donors (Lipinski definition) is 2. The van der Waals surface area contributed by atoms with Gasteiger partial charge in [0.2, 0.25) is 10.0 Å². The average Bonchev–Trinajstić information content (AvgIpc) is 2.57. The number of hydrogen-bond acceptors (Lipinski definition) is 5. The molecule has 1 aromatic rings. The zero-order valence-electron chi connectivity index (χ0n) is 14.6. The maximum absolute atomic E-state index is 12.5. The summed E-state index contributed by atoms with van der Waals surface area (Å²) in [5.41, 5.74) is 5.15. The number of benzene rings is 1. The van der Waals surface area contributed by atoms with Crippen LogP contribution in [0.25, 0.3) is 0 Å².